The van der Waals surface area contributed by atoms with Crippen LogP contribution in [0.1, 0.15) is 17.4 Å². The van der Waals surface area contributed by atoms with Gasteiger partial charge in [-0.1, -0.05) is 29.3 Å². The number of benzene rings is 1. The van der Waals surface area contributed by atoms with Gasteiger partial charge < -0.3 is 10.3 Å². The number of aromatic nitrogens is 2. The minimum atomic E-state index is -0.343. The predicted molar refractivity (Wildman–Crippen MR) is 65.7 cm³/mol. The zero-order valence-electron chi connectivity index (χ0n) is 8.69. The maximum atomic E-state index is 6.10. The fourth-order valence-corrected chi connectivity index (χ4v) is 2.10. The van der Waals surface area contributed by atoms with Crippen LogP contribution in [0.25, 0.3) is 0 Å². The fourth-order valence-electron chi connectivity index (χ4n) is 1.57. The summed E-state index contributed by atoms with van der Waals surface area (Å²) in [6.45, 7) is 0. The van der Waals surface area contributed by atoms with Gasteiger partial charge in [0.15, 0.2) is 0 Å². The Kier molecular flexibility index (Phi) is 3.19. The molecule has 0 amide bonds. The summed E-state index contributed by atoms with van der Waals surface area (Å²) in [7, 11) is 1.89. The van der Waals surface area contributed by atoms with Crippen molar-refractivity contribution in [2.24, 2.45) is 12.8 Å². The van der Waals surface area contributed by atoms with E-state index in [1.54, 1.807) is 18.3 Å². The molecular formula is C11H11Cl2N3. The summed E-state index contributed by atoms with van der Waals surface area (Å²) in [5.74, 6) is 0.768. The van der Waals surface area contributed by atoms with Crippen LogP contribution in [0.15, 0.2) is 30.6 Å². The quantitative estimate of drug-likeness (QED) is 0.897. The Balaban J connectivity index is 2.41. The molecule has 1 atom stereocenters. The summed E-state index contributed by atoms with van der Waals surface area (Å²) in [4.78, 5) is 4.20. The van der Waals surface area contributed by atoms with Crippen molar-refractivity contribution in [2.75, 3.05) is 0 Å². The monoisotopic (exact) mass is 255 g/mol. The highest BCUT2D eigenvalue weighted by atomic mass is 35.5. The van der Waals surface area contributed by atoms with E-state index >= 15 is 0 Å². The summed E-state index contributed by atoms with van der Waals surface area (Å²) in [6.07, 6.45) is 3.55. The SMILES string of the molecule is Cn1ccnc1C(N)c1ccc(Cl)cc1Cl. The molecule has 84 valence electrons. The third-order valence-corrected chi connectivity index (χ3v) is 3.00. The van der Waals surface area contributed by atoms with Crippen molar-refractivity contribution in [1.82, 2.24) is 9.55 Å². The summed E-state index contributed by atoms with van der Waals surface area (Å²) in [5, 5.41) is 1.16. The van der Waals surface area contributed by atoms with Crippen molar-refractivity contribution in [3.8, 4) is 0 Å². The molecule has 0 fully saturated rings. The maximum Gasteiger partial charge on any atom is 0.130 e. The average Bonchev–Trinajstić information content (AvgIpc) is 2.63. The molecule has 2 N–H and O–H groups in total. The zero-order valence-corrected chi connectivity index (χ0v) is 10.2. The highest BCUT2D eigenvalue weighted by Crippen LogP contribution is 2.27. The van der Waals surface area contributed by atoms with E-state index in [1.807, 2.05) is 23.9 Å². The topological polar surface area (TPSA) is 43.8 Å². The van der Waals surface area contributed by atoms with Gasteiger partial charge in [0.1, 0.15) is 5.82 Å². The van der Waals surface area contributed by atoms with Crippen LogP contribution >= 0.6 is 23.2 Å². The molecule has 0 aliphatic carbocycles. The van der Waals surface area contributed by atoms with Crippen molar-refractivity contribution in [2.45, 2.75) is 6.04 Å². The van der Waals surface area contributed by atoms with Gasteiger partial charge in [-0.15, -0.1) is 0 Å². The van der Waals surface area contributed by atoms with Gasteiger partial charge in [0, 0.05) is 29.5 Å². The van der Waals surface area contributed by atoms with Gasteiger partial charge in [-0.2, -0.15) is 0 Å². The second-order valence-corrected chi connectivity index (χ2v) is 4.38. The van der Waals surface area contributed by atoms with Gasteiger partial charge in [-0.25, -0.2) is 4.98 Å². The molecule has 1 unspecified atom stereocenters. The number of halogens is 2. The first-order chi connectivity index (χ1) is 7.59. The Morgan fingerprint density at radius 2 is 2.12 bits per heavy atom. The van der Waals surface area contributed by atoms with E-state index in [2.05, 4.69) is 4.98 Å². The van der Waals surface area contributed by atoms with Gasteiger partial charge in [0.05, 0.1) is 6.04 Å². The average molecular weight is 256 g/mol. The summed E-state index contributed by atoms with van der Waals surface area (Å²) >= 11 is 11.9. The molecule has 2 aromatic rings. The molecule has 0 saturated carbocycles. The number of nitrogens with two attached hydrogens (primary N) is 1. The second kappa shape index (κ2) is 4.45. The van der Waals surface area contributed by atoms with Crippen LogP contribution in [0.5, 0.6) is 0 Å². The lowest BCUT2D eigenvalue weighted by atomic mass is 10.1. The van der Waals surface area contributed by atoms with E-state index < -0.39 is 0 Å². The van der Waals surface area contributed by atoms with Gasteiger partial charge in [-0.05, 0) is 17.7 Å². The van der Waals surface area contributed by atoms with Crippen LogP contribution in [-0.4, -0.2) is 9.55 Å². The molecule has 0 radical (unpaired) electrons. The van der Waals surface area contributed by atoms with Crippen molar-refractivity contribution >= 4 is 23.2 Å². The second-order valence-electron chi connectivity index (χ2n) is 3.54. The molecule has 0 saturated heterocycles. The van der Waals surface area contributed by atoms with Crippen LogP contribution in [0.4, 0.5) is 0 Å². The predicted octanol–water partition coefficient (Wildman–Crippen LogP) is 2.78. The Hall–Kier alpha value is -1.03. The van der Waals surface area contributed by atoms with Crippen LogP contribution < -0.4 is 5.73 Å². The Morgan fingerprint density at radius 3 is 2.69 bits per heavy atom. The Morgan fingerprint density at radius 1 is 1.38 bits per heavy atom. The van der Waals surface area contributed by atoms with Crippen LogP contribution in [0.2, 0.25) is 10.0 Å². The fraction of sp³-hybridized carbons (Fsp3) is 0.182. The zero-order chi connectivity index (χ0) is 11.7. The molecule has 3 nitrogen and oxygen atoms in total. The van der Waals surface area contributed by atoms with Crippen molar-refractivity contribution in [1.29, 1.82) is 0 Å². The van der Waals surface area contributed by atoms with E-state index in [4.69, 9.17) is 28.9 Å². The highest BCUT2D eigenvalue weighted by molar-refractivity contribution is 6.35. The molecule has 0 bridgehead atoms. The van der Waals surface area contributed by atoms with E-state index in [0.717, 1.165) is 11.4 Å². The first-order valence-electron chi connectivity index (χ1n) is 4.77. The van der Waals surface area contributed by atoms with Crippen molar-refractivity contribution < 1.29 is 0 Å². The molecule has 2 rings (SSSR count). The number of hydrogen-bond acceptors (Lipinski definition) is 2. The lowest BCUT2D eigenvalue weighted by Gasteiger charge is -2.13. The molecule has 1 aromatic carbocycles. The van der Waals surface area contributed by atoms with Crippen molar-refractivity contribution in [3.63, 3.8) is 0 Å². The Bertz CT molecular complexity index is 508. The standard InChI is InChI=1S/C11H11Cl2N3/c1-16-5-4-15-11(16)10(14)8-3-2-7(12)6-9(8)13/h2-6,10H,14H2,1H3. The Labute approximate surface area is 104 Å². The molecule has 0 aliphatic rings. The first kappa shape index (κ1) is 11.5. The minimum Gasteiger partial charge on any atom is -0.336 e. The number of aryl methyl sites for hydroxylation is 1. The summed E-state index contributed by atoms with van der Waals surface area (Å²) in [5.41, 5.74) is 6.92. The van der Waals surface area contributed by atoms with Crippen LogP contribution in [0, 0.1) is 0 Å². The van der Waals surface area contributed by atoms with Crippen molar-refractivity contribution in [3.05, 3.63) is 52.0 Å². The van der Waals surface area contributed by atoms with Crippen LogP contribution in [-0.2, 0) is 7.05 Å². The molecule has 1 heterocycles. The molecule has 1 aromatic heterocycles. The molecule has 5 heteroatoms. The number of hydrogen-bond donors (Lipinski definition) is 1. The van der Waals surface area contributed by atoms with Gasteiger partial charge in [-0.3, -0.25) is 0 Å². The van der Waals surface area contributed by atoms with E-state index in [1.165, 1.54) is 0 Å². The smallest absolute Gasteiger partial charge is 0.130 e. The molecule has 16 heavy (non-hydrogen) atoms. The number of nitrogens with zero attached hydrogens (tertiary/aromatic N) is 2. The van der Waals surface area contributed by atoms with Gasteiger partial charge in [0.25, 0.3) is 0 Å². The third-order valence-electron chi connectivity index (χ3n) is 2.43. The van der Waals surface area contributed by atoms with E-state index in [-0.39, 0.29) is 6.04 Å². The molecule has 0 aliphatic heterocycles. The van der Waals surface area contributed by atoms with E-state index in [9.17, 15) is 0 Å². The largest absolute Gasteiger partial charge is 0.336 e. The third kappa shape index (κ3) is 2.07. The van der Waals surface area contributed by atoms with Gasteiger partial charge in [0.2, 0.25) is 0 Å². The number of rotatable bonds is 2. The van der Waals surface area contributed by atoms with E-state index in [0.29, 0.717) is 10.0 Å². The van der Waals surface area contributed by atoms with Crippen LogP contribution in [0.3, 0.4) is 0 Å². The molecule has 0 spiro atoms. The van der Waals surface area contributed by atoms with Gasteiger partial charge >= 0.3 is 0 Å². The molecular weight excluding hydrogens is 245 g/mol. The first-order valence-corrected chi connectivity index (χ1v) is 5.53. The maximum absolute atomic E-state index is 6.10. The minimum absolute atomic E-state index is 0.343. The lowest BCUT2D eigenvalue weighted by Crippen LogP contribution is -2.16. The number of imidazole rings is 1. The summed E-state index contributed by atoms with van der Waals surface area (Å²) < 4.78 is 1.87. The lowest BCUT2D eigenvalue weighted by molar-refractivity contribution is 0.717. The normalized spacial score (nSPS) is 12.8. The summed E-state index contributed by atoms with van der Waals surface area (Å²) in [6, 6.07) is 4.93. The highest BCUT2D eigenvalue weighted by Gasteiger charge is 2.16.